The molecule has 46 heavy (non-hydrogen) atoms. The summed E-state index contributed by atoms with van der Waals surface area (Å²) < 4.78 is 13.2. The van der Waals surface area contributed by atoms with E-state index in [1.165, 1.54) is 11.1 Å². The summed E-state index contributed by atoms with van der Waals surface area (Å²) in [5.41, 5.74) is 6.06. The number of amides is 2. The lowest BCUT2D eigenvalue weighted by atomic mass is 9.95. The van der Waals surface area contributed by atoms with Crippen molar-refractivity contribution in [3.8, 4) is 11.1 Å². The summed E-state index contributed by atoms with van der Waals surface area (Å²) in [7, 11) is 1.73. The van der Waals surface area contributed by atoms with Gasteiger partial charge in [0.1, 0.15) is 11.4 Å². The summed E-state index contributed by atoms with van der Waals surface area (Å²) >= 11 is 0. The Hall–Kier alpha value is -4.17. The highest BCUT2D eigenvalue weighted by Gasteiger charge is 2.30. The largest absolute Gasteiger partial charge is 0.444 e. The molecule has 1 fully saturated rings. The third-order valence-corrected chi connectivity index (χ3v) is 8.59. The molecule has 1 aliphatic heterocycles. The number of ether oxygens (including phenoxy) is 2. The summed E-state index contributed by atoms with van der Waals surface area (Å²) in [6, 6.07) is 24.5. The van der Waals surface area contributed by atoms with Gasteiger partial charge in [0.25, 0.3) is 0 Å². The highest BCUT2D eigenvalue weighted by atomic mass is 16.6. The van der Waals surface area contributed by atoms with Gasteiger partial charge >= 0.3 is 6.09 Å². The molecule has 244 valence electrons. The van der Waals surface area contributed by atoms with Crippen LogP contribution in [-0.2, 0) is 27.2 Å². The van der Waals surface area contributed by atoms with Crippen molar-refractivity contribution in [1.29, 1.82) is 0 Å². The minimum atomic E-state index is -0.636. The fourth-order valence-electron chi connectivity index (χ4n) is 6.41. The maximum absolute atomic E-state index is 13.9. The molecule has 3 aromatic carbocycles. The molecule has 1 aliphatic rings. The van der Waals surface area contributed by atoms with Gasteiger partial charge in [-0.05, 0) is 87.8 Å². The van der Waals surface area contributed by atoms with Gasteiger partial charge < -0.3 is 24.3 Å². The van der Waals surface area contributed by atoms with Crippen molar-refractivity contribution >= 4 is 23.0 Å². The summed E-state index contributed by atoms with van der Waals surface area (Å²) in [5, 5.41) is 3.01. The molecule has 1 N–H and O–H groups in total. The third kappa shape index (κ3) is 8.55. The molecular formula is C38H48N4O4. The van der Waals surface area contributed by atoms with E-state index in [0.29, 0.717) is 26.1 Å². The number of rotatable bonds is 11. The van der Waals surface area contributed by atoms with Crippen LogP contribution in [0.25, 0.3) is 22.2 Å². The maximum Gasteiger partial charge on any atom is 0.407 e. The van der Waals surface area contributed by atoms with E-state index in [9.17, 15) is 9.59 Å². The van der Waals surface area contributed by atoms with Gasteiger partial charge in [0.15, 0.2) is 0 Å². The number of carbonyl (C=O) groups excluding carboxylic acids is 2. The minimum absolute atomic E-state index is 0.0318. The number of alkyl carbamates (subject to hydrolysis) is 1. The number of fused-ring (bicyclic) bond motifs is 1. The van der Waals surface area contributed by atoms with Gasteiger partial charge in [-0.15, -0.1) is 0 Å². The Balaban J connectivity index is 1.31. The number of imidazole rings is 1. The molecule has 2 amide bonds. The molecule has 8 nitrogen and oxygen atoms in total. The zero-order valence-corrected chi connectivity index (χ0v) is 27.9. The lowest BCUT2D eigenvalue weighted by molar-refractivity contribution is -0.132. The van der Waals surface area contributed by atoms with Gasteiger partial charge in [-0.25, -0.2) is 9.78 Å². The Kier molecular flexibility index (Phi) is 10.8. The smallest absolute Gasteiger partial charge is 0.407 e. The van der Waals surface area contributed by atoms with Crippen LogP contribution >= 0.6 is 0 Å². The van der Waals surface area contributed by atoms with E-state index >= 15 is 0 Å². The Morgan fingerprint density at radius 2 is 1.76 bits per heavy atom. The zero-order chi connectivity index (χ0) is 32.7. The number of methoxy groups -OCH3 is 1. The van der Waals surface area contributed by atoms with Crippen LogP contribution in [0.2, 0.25) is 0 Å². The maximum atomic E-state index is 13.9. The van der Waals surface area contributed by atoms with Crippen molar-refractivity contribution in [1.82, 2.24) is 19.8 Å². The van der Waals surface area contributed by atoms with Crippen LogP contribution in [-0.4, -0.2) is 64.9 Å². The van der Waals surface area contributed by atoms with E-state index in [4.69, 9.17) is 14.5 Å². The molecule has 0 saturated carbocycles. The van der Waals surface area contributed by atoms with Gasteiger partial charge in [-0.1, -0.05) is 60.7 Å². The highest BCUT2D eigenvalue weighted by Crippen LogP contribution is 2.30. The Labute approximate surface area is 273 Å². The van der Waals surface area contributed by atoms with E-state index in [2.05, 4.69) is 65.3 Å². The SMILES string of the molecule is COCCCn1c([C@@H]2CCCN(C(=O)C[C@@H](Cc3ccc(-c4ccccc4C)cc3)NC(=O)OC(C)(C)C)C2)nc2ccccc21. The average molecular weight is 625 g/mol. The first kappa shape index (κ1) is 33.2. The highest BCUT2D eigenvalue weighted by molar-refractivity contribution is 5.79. The number of piperidine rings is 1. The van der Waals surface area contributed by atoms with Gasteiger partial charge in [0.05, 0.1) is 11.0 Å². The number of para-hydroxylation sites is 2. The first-order valence-corrected chi connectivity index (χ1v) is 16.5. The summed E-state index contributed by atoms with van der Waals surface area (Å²) in [4.78, 5) is 33.8. The molecule has 1 aromatic heterocycles. The second-order valence-corrected chi connectivity index (χ2v) is 13.4. The average Bonchev–Trinajstić information content (AvgIpc) is 3.39. The van der Waals surface area contributed by atoms with Crippen LogP contribution in [0, 0.1) is 6.92 Å². The van der Waals surface area contributed by atoms with Crippen LogP contribution in [0.1, 0.15) is 69.3 Å². The van der Waals surface area contributed by atoms with Gasteiger partial charge in [0, 0.05) is 51.7 Å². The molecular weight excluding hydrogens is 576 g/mol. The lowest BCUT2D eigenvalue weighted by Gasteiger charge is -2.34. The molecule has 0 aliphatic carbocycles. The molecule has 1 saturated heterocycles. The van der Waals surface area contributed by atoms with E-state index in [0.717, 1.165) is 53.8 Å². The second-order valence-electron chi connectivity index (χ2n) is 13.4. The molecule has 0 bridgehead atoms. The van der Waals surface area contributed by atoms with Crippen LogP contribution < -0.4 is 5.32 Å². The quantitative estimate of drug-likeness (QED) is 0.177. The van der Waals surface area contributed by atoms with Crippen LogP contribution in [0.5, 0.6) is 0 Å². The first-order chi connectivity index (χ1) is 22.1. The number of nitrogens with one attached hydrogen (secondary N) is 1. The molecule has 0 spiro atoms. The summed E-state index contributed by atoms with van der Waals surface area (Å²) in [6.07, 6.45) is 2.97. The van der Waals surface area contributed by atoms with Gasteiger partial charge in [-0.3, -0.25) is 4.79 Å². The normalized spacial score (nSPS) is 15.9. The van der Waals surface area contributed by atoms with Crippen molar-refractivity contribution in [2.75, 3.05) is 26.8 Å². The number of likely N-dealkylation sites (tertiary alicyclic amines) is 1. The predicted octanol–water partition coefficient (Wildman–Crippen LogP) is 7.28. The fourth-order valence-corrected chi connectivity index (χ4v) is 6.41. The number of aryl methyl sites for hydroxylation is 2. The first-order valence-electron chi connectivity index (χ1n) is 16.5. The van der Waals surface area contributed by atoms with Crippen LogP contribution in [0.4, 0.5) is 4.79 Å². The van der Waals surface area contributed by atoms with Crippen LogP contribution in [0.3, 0.4) is 0 Å². The van der Waals surface area contributed by atoms with E-state index in [1.54, 1.807) is 7.11 Å². The summed E-state index contributed by atoms with van der Waals surface area (Å²) in [5.74, 6) is 1.20. The molecule has 4 aromatic rings. The molecule has 0 unspecified atom stereocenters. The number of hydrogen-bond donors (Lipinski definition) is 1. The lowest BCUT2D eigenvalue weighted by Crippen LogP contribution is -2.46. The van der Waals surface area contributed by atoms with Crippen molar-refractivity contribution in [3.63, 3.8) is 0 Å². The van der Waals surface area contributed by atoms with Crippen molar-refractivity contribution in [2.45, 2.75) is 83.9 Å². The molecule has 0 radical (unpaired) electrons. The number of carbonyl (C=O) groups is 2. The number of hydrogen-bond acceptors (Lipinski definition) is 5. The second kappa shape index (κ2) is 14.9. The zero-order valence-electron chi connectivity index (χ0n) is 27.9. The van der Waals surface area contributed by atoms with E-state index in [-0.39, 0.29) is 18.2 Å². The van der Waals surface area contributed by atoms with Crippen LogP contribution in [0.15, 0.2) is 72.8 Å². The van der Waals surface area contributed by atoms with Gasteiger partial charge in [0.2, 0.25) is 5.91 Å². The number of nitrogens with zero attached hydrogens (tertiary/aromatic N) is 3. The van der Waals surface area contributed by atoms with E-state index in [1.807, 2.05) is 49.9 Å². The Bertz CT molecular complexity index is 1620. The Morgan fingerprint density at radius 3 is 2.50 bits per heavy atom. The number of benzene rings is 3. The monoisotopic (exact) mass is 624 g/mol. The van der Waals surface area contributed by atoms with Crippen molar-refractivity contribution < 1.29 is 19.1 Å². The van der Waals surface area contributed by atoms with Crippen molar-refractivity contribution in [2.24, 2.45) is 0 Å². The molecule has 2 heterocycles. The number of aromatic nitrogens is 2. The standard InChI is InChI=1S/C38H48N4O4/c1-27-12-6-7-14-32(27)29-19-17-28(18-20-29)24-31(39-37(44)46-38(2,3)4)25-35(43)41-21-10-13-30(26-41)36-40-33-15-8-9-16-34(33)42(36)22-11-23-45-5/h6-9,12,14-20,30-31H,10-11,13,21-26H2,1-5H3,(H,39,44)/t30-,31-/m1/s1. The topological polar surface area (TPSA) is 85.7 Å². The molecule has 8 heteroatoms. The van der Waals surface area contributed by atoms with E-state index < -0.39 is 17.7 Å². The molecule has 2 atom stereocenters. The van der Waals surface area contributed by atoms with Gasteiger partial charge in [-0.2, -0.15) is 0 Å². The minimum Gasteiger partial charge on any atom is -0.444 e. The Morgan fingerprint density at radius 1 is 1.02 bits per heavy atom. The third-order valence-electron chi connectivity index (χ3n) is 8.59. The summed E-state index contributed by atoms with van der Waals surface area (Å²) in [6.45, 7) is 10.4. The fraction of sp³-hybridized carbons (Fsp3) is 0.447. The molecule has 5 rings (SSSR count). The predicted molar refractivity (Wildman–Crippen MR) is 183 cm³/mol. The van der Waals surface area contributed by atoms with Crippen molar-refractivity contribution in [3.05, 3.63) is 89.7 Å².